The lowest BCUT2D eigenvalue weighted by Crippen LogP contribution is -2.30. The predicted octanol–water partition coefficient (Wildman–Crippen LogP) is 1.34. The van der Waals surface area contributed by atoms with Gasteiger partial charge in [-0.05, 0) is 24.1 Å². The highest BCUT2D eigenvalue weighted by molar-refractivity contribution is 6.31. The van der Waals surface area contributed by atoms with E-state index in [1.54, 1.807) is 6.07 Å². The van der Waals surface area contributed by atoms with Gasteiger partial charge in [0.15, 0.2) is 11.4 Å². The van der Waals surface area contributed by atoms with Crippen LogP contribution in [-0.4, -0.2) is 28.3 Å². The van der Waals surface area contributed by atoms with E-state index in [-0.39, 0.29) is 23.0 Å². The third kappa shape index (κ3) is 3.76. The van der Waals surface area contributed by atoms with Crippen molar-refractivity contribution >= 4 is 23.4 Å². The minimum atomic E-state index is -0.833. The molecule has 0 fully saturated rings. The molecule has 2 amide bonds. The quantitative estimate of drug-likeness (QED) is 0.868. The minimum absolute atomic E-state index is 0.139. The van der Waals surface area contributed by atoms with E-state index in [2.05, 4.69) is 15.3 Å². The van der Waals surface area contributed by atoms with Gasteiger partial charge in [0, 0.05) is 24.0 Å². The molecule has 0 bridgehead atoms. The van der Waals surface area contributed by atoms with E-state index in [1.165, 1.54) is 24.5 Å². The molecule has 0 radical (unpaired) electrons. The van der Waals surface area contributed by atoms with Gasteiger partial charge in [-0.25, -0.2) is 14.4 Å². The van der Waals surface area contributed by atoms with Crippen molar-refractivity contribution in [2.75, 3.05) is 6.54 Å². The normalized spacial score (nSPS) is 10.3. The van der Waals surface area contributed by atoms with E-state index in [4.69, 9.17) is 17.3 Å². The number of nitrogens with one attached hydrogen (secondary N) is 1. The molecule has 2 aromatic rings. The molecule has 3 N–H and O–H groups in total. The number of rotatable bonds is 5. The largest absolute Gasteiger partial charge is 0.364 e. The molecule has 0 saturated carbocycles. The van der Waals surface area contributed by atoms with Crippen molar-refractivity contribution in [3.05, 3.63) is 58.4 Å². The number of nitrogens with zero attached hydrogens (tertiary/aromatic N) is 2. The molecule has 0 saturated heterocycles. The van der Waals surface area contributed by atoms with Crippen LogP contribution < -0.4 is 11.1 Å². The zero-order valence-corrected chi connectivity index (χ0v) is 12.1. The molecule has 1 heterocycles. The Morgan fingerprint density at radius 2 is 1.91 bits per heavy atom. The maximum absolute atomic E-state index is 12.9. The fourth-order valence-electron chi connectivity index (χ4n) is 1.80. The Morgan fingerprint density at radius 3 is 2.55 bits per heavy atom. The maximum Gasteiger partial charge on any atom is 0.272 e. The lowest BCUT2D eigenvalue weighted by Gasteiger charge is -2.07. The number of carbonyl (C=O) groups excluding carboxylic acids is 2. The van der Waals surface area contributed by atoms with Gasteiger partial charge in [-0.1, -0.05) is 17.7 Å². The summed E-state index contributed by atoms with van der Waals surface area (Å²) in [6, 6.07) is 4.03. The summed E-state index contributed by atoms with van der Waals surface area (Å²) in [7, 11) is 0. The fraction of sp³-hybridized carbons (Fsp3) is 0.143. The number of aromatic nitrogens is 2. The molecule has 114 valence electrons. The number of hydrogen-bond donors (Lipinski definition) is 2. The van der Waals surface area contributed by atoms with Crippen LogP contribution in [-0.2, 0) is 6.42 Å². The second-order valence-electron chi connectivity index (χ2n) is 4.36. The molecule has 0 aliphatic rings. The van der Waals surface area contributed by atoms with E-state index in [9.17, 15) is 14.0 Å². The number of hydrogen-bond acceptors (Lipinski definition) is 4. The van der Waals surface area contributed by atoms with E-state index in [0.717, 1.165) is 0 Å². The summed E-state index contributed by atoms with van der Waals surface area (Å²) in [6.45, 7) is 0.235. The average molecular weight is 323 g/mol. The molecular weight excluding hydrogens is 311 g/mol. The number of primary amides is 1. The molecule has 0 aliphatic carbocycles. The monoisotopic (exact) mass is 322 g/mol. The zero-order chi connectivity index (χ0) is 16.1. The smallest absolute Gasteiger partial charge is 0.272 e. The standard InChI is InChI=1S/C14H12ClFN4O2/c15-10-7-9(16)2-1-8(10)3-4-20-14(22)12-11(13(17)21)18-5-6-19-12/h1-2,5-7H,3-4H2,(H2,17,21)(H,20,22). The van der Waals surface area contributed by atoms with Crippen LogP contribution >= 0.6 is 11.6 Å². The summed E-state index contributed by atoms with van der Waals surface area (Å²) in [5.74, 6) is -1.83. The van der Waals surface area contributed by atoms with Crippen LogP contribution in [0.4, 0.5) is 4.39 Å². The van der Waals surface area contributed by atoms with Crippen molar-refractivity contribution in [1.29, 1.82) is 0 Å². The van der Waals surface area contributed by atoms with Crippen molar-refractivity contribution in [2.45, 2.75) is 6.42 Å². The van der Waals surface area contributed by atoms with Crippen LogP contribution in [0.5, 0.6) is 0 Å². The Balaban J connectivity index is 2.00. The van der Waals surface area contributed by atoms with Gasteiger partial charge in [0.05, 0.1) is 0 Å². The number of nitrogens with two attached hydrogens (primary N) is 1. The van der Waals surface area contributed by atoms with Gasteiger partial charge >= 0.3 is 0 Å². The summed E-state index contributed by atoms with van der Waals surface area (Å²) in [4.78, 5) is 30.7. The number of benzene rings is 1. The van der Waals surface area contributed by atoms with Crippen LogP contribution in [0.2, 0.25) is 5.02 Å². The molecule has 8 heteroatoms. The van der Waals surface area contributed by atoms with Gasteiger partial charge < -0.3 is 11.1 Å². The first kappa shape index (κ1) is 15.8. The molecule has 22 heavy (non-hydrogen) atoms. The second-order valence-corrected chi connectivity index (χ2v) is 4.77. The van der Waals surface area contributed by atoms with E-state index >= 15 is 0 Å². The lowest BCUT2D eigenvalue weighted by atomic mass is 10.1. The minimum Gasteiger partial charge on any atom is -0.364 e. The highest BCUT2D eigenvalue weighted by Crippen LogP contribution is 2.17. The number of halogens is 2. The molecule has 2 rings (SSSR count). The fourth-order valence-corrected chi connectivity index (χ4v) is 2.07. The third-order valence-corrected chi connectivity index (χ3v) is 3.19. The van der Waals surface area contributed by atoms with Crippen LogP contribution in [0.3, 0.4) is 0 Å². The van der Waals surface area contributed by atoms with Gasteiger partial charge in [0.25, 0.3) is 11.8 Å². The van der Waals surface area contributed by atoms with Crippen molar-refractivity contribution in [2.24, 2.45) is 5.73 Å². The van der Waals surface area contributed by atoms with E-state index in [1.807, 2.05) is 0 Å². The van der Waals surface area contributed by atoms with Crippen LogP contribution in [0.15, 0.2) is 30.6 Å². The first-order valence-corrected chi connectivity index (χ1v) is 6.69. The van der Waals surface area contributed by atoms with E-state index < -0.39 is 17.6 Å². The number of carbonyl (C=O) groups is 2. The van der Waals surface area contributed by atoms with Gasteiger partial charge in [-0.3, -0.25) is 9.59 Å². The Morgan fingerprint density at radius 1 is 1.23 bits per heavy atom. The highest BCUT2D eigenvalue weighted by Gasteiger charge is 2.17. The van der Waals surface area contributed by atoms with Crippen molar-refractivity contribution in [3.8, 4) is 0 Å². The molecule has 1 aromatic carbocycles. The molecule has 0 aliphatic heterocycles. The van der Waals surface area contributed by atoms with Crippen LogP contribution in [0, 0.1) is 5.82 Å². The summed E-state index contributed by atoms with van der Waals surface area (Å²) in [6.07, 6.45) is 2.96. The van der Waals surface area contributed by atoms with Gasteiger partial charge in [0.1, 0.15) is 5.82 Å². The maximum atomic E-state index is 12.9. The van der Waals surface area contributed by atoms with Crippen molar-refractivity contribution in [1.82, 2.24) is 15.3 Å². The SMILES string of the molecule is NC(=O)c1nccnc1C(=O)NCCc1ccc(F)cc1Cl. The van der Waals surface area contributed by atoms with Crippen molar-refractivity contribution < 1.29 is 14.0 Å². The van der Waals surface area contributed by atoms with Crippen LogP contribution in [0.1, 0.15) is 26.5 Å². The number of amides is 2. The Labute approximate surface area is 130 Å². The van der Waals surface area contributed by atoms with Crippen molar-refractivity contribution in [3.63, 3.8) is 0 Å². The summed E-state index contributed by atoms with van der Waals surface area (Å²) >= 11 is 5.89. The summed E-state index contributed by atoms with van der Waals surface area (Å²) < 4.78 is 12.9. The van der Waals surface area contributed by atoms with Gasteiger partial charge in [0.2, 0.25) is 0 Å². The Hall–Kier alpha value is -2.54. The summed E-state index contributed by atoms with van der Waals surface area (Å²) in [5, 5.41) is 2.87. The summed E-state index contributed by atoms with van der Waals surface area (Å²) in [5.41, 5.74) is 5.49. The first-order chi connectivity index (χ1) is 10.5. The molecule has 0 atom stereocenters. The average Bonchev–Trinajstić information content (AvgIpc) is 2.49. The molecule has 0 spiro atoms. The second kappa shape index (κ2) is 6.95. The third-order valence-electron chi connectivity index (χ3n) is 2.84. The molecule has 6 nitrogen and oxygen atoms in total. The van der Waals surface area contributed by atoms with Gasteiger partial charge in [-0.2, -0.15) is 0 Å². The molecular formula is C14H12ClFN4O2. The lowest BCUT2D eigenvalue weighted by molar-refractivity contribution is 0.0929. The van der Waals surface area contributed by atoms with Crippen LogP contribution in [0.25, 0.3) is 0 Å². The predicted molar refractivity (Wildman–Crippen MR) is 78.0 cm³/mol. The van der Waals surface area contributed by atoms with E-state index in [0.29, 0.717) is 12.0 Å². The molecule has 0 unspecified atom stereocenters. The Bertz CT molecular complexity index is 724. The topological polar surface area (TPSA) is 98.0 Å². The van der Waals surface area contributed by atoms with Gasteiger partial charge in [-0.15, -0.1) is 0 Å². The zero-order valence-electron chi connectivity index (χ0n) is 11.3. The Kier molecular flexibility index (Phi) is 5.00. The first-order valence-electron chi connectivity index (χ1n) is 6.32. The molecule has 1 aromatic heterocycles. The highest BCUT2D eigenvalue weighted by atomic mass is 35.5.